The number of carbonyl (C=O) groups is 3. The molecular formula is C11H19N3O4. The van der Waals surface area contributed by atoms with Crippen molar-refractivity contribution >= 4 is 17.8 Å². The zero-order chi connectivity index (χ0) is 13.8. The van der Waals surface area contributed by atoms with Crippen LogP contribution in [0, 0.1) is 5.41 Å². The minimum Gasteiger partial charge on any atom is -0.481 e. The Kier molecular flexibility index (Phi) is 4.66. The first-order valence-electron chi connectivity index (χ1n) is 5.88. The minimum absolute atomic E-state index is 0.0400. The molecule has 0 spiro atoms. The average Bonchev–Trinajstić information content (AvgIpc) is 2.19. The molecule has 0 aliphatic heterocycles. The number of primary amides is 1. The van der Waals surface area contributed by atoms with Crippen molar-refractivity contribution in [2.24, 2.45) is 16.9 Å². The predicted molar refractivity (Wildman–Crippen MR) is 63.3 cm³/mol. The number of carboxylic acids is 1. The first-order chi connectivity index (χ1) is 8.34. The molecule has 0 aromatic carbocycles. The van der Waals surface area contributed by atoms with Crippen LogP contribution in [0.25, 0.3) is 0 Å². The molecule has 102 valence electrons. The fourth-order valence-electron chi connectivity index (χ4n) is 2.13. The maximum atomic E-state index is 11.6. The van der Waals surface area contributed by atoms with Crippen LogP contribution in [0.5, 0.6) is 0 Å². The van der Waals surface area contributed by atoms with Crippen molar-refractivity contribution in [3.63, 3.8) is 0 Å². The number of hydrogen-bond acceptors (Lipinski definition) is 4. The minimum atomic E-state index is -0.968. The quantitative estimate of drug-likeness (QED) is 0.461. The summed E-state index contributed by atoms with van der Waals surface area (Å²) >= 11 is 0. The van der Waals surface area contributed by atoms with E-state index in [1.54, 1.807) is 0 Å². The van der Waals surface area contributed by atoms with Crippen molar-refractivity contribution in [3.05, 3.63) is 0 Å². The van der Waals surface area contributed by atoms with E-state index in [0.29, 0.717) is 0 Å². The predicted octanol–water partition coefficient (Wildman–Crippen LogP) is -1.05. The number of rotatable bonds is 7. The number of hydrogen-bond donors (Lipinski definition) is 4. The van der Waals surface area contributed by atoms with E-state index in [4.69, 9.17) is 16.6 Å². The summed E-state index contributed by atoms with van der Waals surface area (Å²) in [7, 11) is 0. The molecule has 1 atom stereocenters. The summed E-state index contributed by atoms with van der Waals surface area (Å²) in [6.07, 6.45) is 2.36. The Balaban J connectivity index is 2.41. The zero-order valence-corrected chi connectivity index (χ0v) is 10.1. The first-order valence-corrected chi connectivity index (χ1v) is 5.88. The van der Waals surface area contributed by atoms with Gasteiger partial charge in [-0.05, 0) is 18.3 Å². The third-order valence-electron chi connectivity index (χ3n) is 3.34. The van der Waals surface area contributed by atoms with Gasteiger partial charge in [-0.2, -0.15) is 0 Å². The molecule has 1 unspecified atom stereocenters. The Morgan fingerprint density at radius 3 is 2.33 bits per heavy atom. The highest BCUT2D eigenvalue weighted by Crippen LogP contribution is 2.43. The van der Waals surface area contributed by atoms with Crippen molar-refractivity contribution in [2.75, 3.05) is 6.54 Å². The maximum Gasteiger partial charge on any atom is 0.303 e. The highest BCUT2D eigenvalue weighted by molar-refractivity contribution is 5.87. The fourth-order valence-corrected chi connectivity index (χ4v) is 2.13. The Bertz CT molecular complexity index is 352. The molecule has 0 saturated heterocycles. The maximum absolute atomic E-state index is 11.6. The topological polar surface area (TPSA) is 136 Å². The smallest absolute Gasteiger partial charge is 0.303 e. The van der Waals surface area contributed by atoms with Gasteiger partial charge >= 0.3 is 5.97 Å². The lowest BCUT2D eigenvalue weighted by atomic mass is 9.66. The van der Waals surface area contributed by atoms with Crippen molar-refractivity contribution in [1.29, 1.82) is 0 Å². The summed E-state index contributed by atoms with van der Waals surface area (Å²) in [4.78, 5) is 32.9. The van der Waals surface area contributed by atoms with Crippen LogP contribution >= 0.6 is 0 Å². The molecule has 7 heteroatoms. The lowest BCUT2D eigenvalue weighted by Gasteiger charge is -2.41. The van der Waals surface area contributed by atoms with Crippen molar-refractivity contribution < 1.29 is 19.5 Å². The second-order valence-corrected chi connectivity index (χ2v) is 4.92. The van der Waals surface area contributed by atoms with Crippen molar-refractivity contribution in [2.45, 2.75) is 38.1 Å². The van der Waals surface area contributed by atoms with Gasteiger partial charge in [0.25, 0.3) is 0 Å². The molecule has 0 radical (unpaired) electrons. The molecule has 1 aliphatic carbocycles. The van der Waals surface area contributed by atoms with Gasteiger partial charge in [-0.1, -0.05) is 6.42 Å². The number of nitrogens with one attached hydrogen (secondary N) is 1. The molecule has 0 bridgehead atoms. The van der Waals surface area contributed by atoms with E-state index in [9.17, 15) is 14.4 Å². The molecule has 6 N–H and O–H groups in total. The number of carbonyl (C=O) groups excluding carboxylic acids is 2. The van der Waals surface area contributed by atoms with Gasteiger partial charge in [0.15, 0.2) is 0 Å². The van der Waals surface area contributed by atoms with Crippen LogP contribution in [0.4, 0.5) is 0 Å². The molecule has 1 saturated carbocycles. The van der Waals surface area contributed by atoms with Gasteiger partial charge in [0.2, 0.25) is 11.8 Å². The third-order valence-corrected chi connectivity index (χ3v) is 3.34. The van der Waals surface area contributed by atoms with Crippen LogP contribution in [0.3, 0.4) is 0 Å². The van der Waals surface area contributed by atoms with E-state index in [-0.39, 0.29) is 24.8 Å². The number of amides is 2. The van der Waals surface area contributed by atoms with Gasteiger partial charge in [-0.25, -0.2) is 0 Å². The van der Waals surface area contributed by atoms with E-state index in [1.807, 2.05) is 0 Å². The van der Waals surface area contributed by atoms with Crippen LogP contribution in [0.2, 0.25) is 0 Å². The molecule has 18 heavy (non-hydrogen) atoms. The van der Waals surface area contributed by atoms with Gasteiger partial charge in [0.05, 0.1) is 18.9 Å². The molecule has 1 fully saturated rings. The Morgan fingerprint density at radius 1 is 1.33 bits per heavy atom. The summed E-state index contributed by atoms with van der Waals surface area (Å²) < 4.78 is 0. The highest BCUT2D eigenvalue weighted by atomic mass is 16.4. The molecule has 0 heterocycles. The van der Waals surface area contributed by atoms with Crippen LogP contribution in [0.1, 0.15) is 32.1 Å². The second-order valence-electron chi connectivity index (χ2n) is 4.92. The summed E-state index contributed by atoms with van der Waals surface area (Å²) in [6.45, 7) is 0.282. The van der Waals surface area contributed by atoms with Crippen LogP contribution in [-0.4, -0.2) is 35.5 Å². The van der Waals surface area contributed by atoms with Crippen molar-refractivity contribution in [3.8, 4) is 0 Å². The van der Waals surface area contributed by atoms with Crippen LogP contribution in [-0.2, 0) is 14.4 Å². The Morgan fingerprint density at radius 2 is 1.94 bits per heavy atom. The largest absolute Gasteiger partial charge is 0.481 e. The summed E-state index contributed by atoms with van der Waals surface area (Å²) in [6, 6.07) is -0.968. The number of carboxylic acid groups (broad SMARTS) is 1. The van der Waals surface area contributed by atoms with Gasteiger partial charge in [0, 0.05) is 6.54 Å². The molecular weight excluding hydrogens is 238 g/mol. The highest BCUT2D eigenvalue weighted by Gasteiger charge is 2.39. The zero-order valence-electron chi connectivity index (χ0n) is 10.1. The molecule has 2 amide bonds. The third kappa shape index (κ3) is 3.99. The van der Waals surface area contributed by atoms with Crippen LogP contribution in [0.15, 0.2) is 0 Å². The lowest BCUT2D eigenvalue weighted by Crippen LogP contribution is -2.49. The van der Waals surface area contributed by atoms with Gasteiger partial charge in [-0.15, -0.1) is 0 Å². The lowest BCUT2D eigenvalue weighted by molar-refractivity contribution is -0.141. The SMILES string of the molecule is NC(=O)CC(N)C(=O)NCC1(CC(=O)O)CCC1. The van der Waals surface area contributed by atoms with Crippen LogP contribution < -0.4 is 16.8 Å². The normalized spacial score (nSPS) is 18.5. The molecule has 0 aromatic heterocycles. The van der Waals surface area contributed by atoms with E-state index in [1.165, 1.54) is 0 Å². The molecule has 1 aliphatic rings. The van der Waals surface area contributed by atoms with E-state index in [0.717, 1.165) is 19.3 Å². The fraction of sp³-hybridized carbons (Fsp3) is 0.727. The van der Waals surface area contributed by atoms with Gasteiger partial charge in [0.1, 0.15) is 0 Å². The monoisotopic (exact) mass is 257 g/mol. The Labute approximate surface area is 105 Å². The Hall–Kier alpha value is -1.63. The summed E-state index contributed by atoms with van der Waals surface area (Å²) in [5.74, 6) is -1.97. The number of nitrogens with two attached hydrogens (primary N) is 2. The summed E-state index contributed by atoms with van der Waals surface area (Å²) in [5.41, 5.74) is 10.1. The van der Waals surface area contributed by atoms with Gasteiger partial charge < -0.3 is 21.9 Å². The van der Waals surface area contributed by atoms with E-state index in [2.05, 4.69) is 5.32 Å². The van der Waals surface area contributed by atoms with E-state index >= 15 is 0 Å². The van der Waals surface area contributed by atoms with E-state index < -0.39 is 23.8 Å². The standard InChI is InChI=1S/C11H19N3O4/c12-7(4-8(13)15)10(18)14-6-11(2-1-3-11)5-9(16)17/h7H,1-6,12H2,(H2,13,15)(H,14,18)(H,16,17). The number of aliphatic carboxylic acids is 1. The molecule has 7 nitrogen and oxygen atoms in total. The first kappa shape index (κ1) is 14.4. The summed E-state index contributed by atoms with van der Waals surface area (Å²) in [5, 5.41) is 11.4. The second kappa shape index (κ2) is 5.81. The van der Waals surface area contributed by atoms with Crippen molar-refractivity contribution in [1.82, 2.24) is 5.32 Å². The average molecular weight is 257 g/mol. The van der Waals surface area contributed by atoms with Gasteiger partial charge in [-0.3, -0.25) is 14.4 Å². The molecule has 0 aromatic rings. The molecule has 1 rings (SSSR count).